The molecule has 0 amide bonds. The number of esters is 1. The van der Waals surface area contributed by atoms with Crippen molar-refractivity contribution >= 4 is 23.3 Å². The predicted molar refractivity (Wildman–Crippen MR) is 76.8 cm³/mol. The zero-order valence-electron chi connectivity index (χ0n) is 11.5. The molecule has 0 unspecified atom stereocenters. The van der Waals surface area contributed by atoms with E-state index in [4.69, 9.17) is 26.8 Å². The van der Waals surface area contributed by atoms with Gasteiger partial charge in [-0.1, -0.05) is 25.4 Å². The van der Waals surface area contributed by atoms with E-state index in [1.54, 1.807) is 6.07 Å². The van der Waals surface area contributed by atoms with E-state index in [1.807, 2.05) is 0 Å². The van der Waals surface area contributed by atoms with Crippen LogP contribution >= 0.6 is 11.6 Å². The Balaban J connectivity index is 2.83. The van der Waals surface area contributed by atoms with Crippen molar-refractivity contribution < 1.29 is 14.3 Å². The average molecular weight is 286 g/mol. The van der Waals surface area contributed by atoms with Crippen molar-refractivity contribution in [2.24, 2.45) is 5.92 Å². The fourth-order valence-corrected chi connectivity index (χ4v) is 1.97. The van der Waals surface area contributed by atoms with Gasteiger partial charge < -0.3 is 15.2 Å². The van der Waals surface area contributed by atoms with E-state index >= 15 is 0 Å². The van der Waals surface area contributed by atoms with Crippen molar-refractivity contribution in [3.05, 3.63) is 22.7 Å². The minimum Gasteiger partial charge on any atom is -0.491 e. The standard InChI is InChI=1S/C14H20ClNO3/c1-9(2)5-4-6-19-13-11(14(17)18-3)7-10(16)8-12(13)15/h7-9H,4-6,16H2,1-3H3. The maximum Gasteiger partial charge on any atom is 0.341 e. The maximum atomic E-state index is 11.7. The number of methoxy groups -OCH3 is 1. The first-order valence-electron chi connectivity index (χ1n) is 6.25. The number of halogens is 1. The number of carbonyl (C=O) groups excluding carboxylic acids is 1. The highest BCUT2D eigenvalue weighted by molar-refractivity contribution is 6.33. The van der Waals surface area contributed by atoms with Crippen LogP contribution in [0.4, 0.5) is 5.69 Å². The summed E-state index contributed by atoms with van der Waals surface area (Å²) in [6.07, 6.45) is 1.96. The van der Waals surface area contributed by atoms with Gasteiger partial charge >= 0.3 is 5.97 Å². The van der Waals surface area contributed by atoms with Gasteiger partial charge in [0.05, 0.1) is 18.7 Å². The summed E-state index contributed by atoms with van der Waals surface area (Å²) in [6, 6.07) is 3.07. The van der Waals surface area contributed by atoms with Gasteiger partial charge in [-0.2, -0.15) is 0 Å². The molecular weight excluding hydrogens is 266 g/mol. The third kappa shape index (κ3) is 4.63. The van der Waals surface area contributed by atoms with Crippen molar-refractivity contribution in [2.75, 3.05) is 19.5 Å². The second kappa shape index (κ2) is 7.24. The lowest BCUT2D eigenvalue weighted by Crippen LogP contribution is -2.08. The van der Waals surface area contributed by atoms with Crippen LogP contribution in [0.3, 0.4) is 0 Å². The smallest absolute Gasteiger partial charge is 0.341 e. The van der Waals surface area contributed by atoms with Gasteiger partial charge in [0.2, 0.25) is 0 Å². The molecule has 0 spiro atoms. The highest BCUT2D eigenvalue weighted by Crippen LogP contribution is 2.32. The van der Waals surface area contributed by atoms with Gasteiger partial charge in [-0.25, -0.2) is 4.79 Å². The third-order valence-corrected chi connectivity index (χ3v) is 2.92. The number of anilines is 1. The van der Waals surface area contributed by atoms with Crippen LogP contribution in [0.1, 0.15) is 37.0 Å². The molecule has 5 heteroatoms. The number of nitrogens with two attached hydrogens (primary N) is 1. The number of rotatable bonds is 6. The van der Waals surface area contributed by atoms with E-state index in [2.05, 4.69) is 13.8 Å². The SMILES string of the molecule is COC(=O)c1cc(N)cc(Cl)c1OCCCC(C)C. The molecule has 0 aliphatic heterocycles. The Morgan fingerprint density at radius 1 is 1.42 bits per heavy atom. The molecule has 0 aromatic heterocycles. The molecule has 2 N–H and O–H groups in total. The van der Waals surface area contributed by atoms with Crippen molar-refractivity contribution in [2.45, 2.75) is 26.7 Å². The Hall–Kier alpha value is -1.42. The molecular formula is C14H20ClNO3. The van der Waals surface area contributed by atoms with Crippen molar-refractivity contribution in [1.29, 1.82) is 0 Å². The predicted octanol–water partition coefficient (Wildman–Crippen LogP) is 3.52. The number of benzene rings is 1. The molecule has 0 heterocycles. The van der Waals surface area contributed by atoms with E-state index in [1.165, 1.54) is 13.2 Å². The summed E-state index contributed by atoms with van der Waals surface area (Å²) < 4.78 is 10.3. The molecule has 0 aliphatic carbocycles. The monoisotopic (exact) mass is 285 g/mol. The van der Waals surface area contributed by atoms with Crippen LogP contribution in [0, 0.1) is 5.92 Å². The summed E-state index contributed by atoms with van der Waals surface area (Å²) in [5, 5.41) is 0.324. The van der Waals surface area contributed by atoms with Crippen molar-refractivity contribution in [3.8, 4) is 5.75 Å². The molecule has 1 aromatic rings. The molecule has 0 radical (unpaired) electrons. The molecule has 0 saturated carbocycles. The van der Waals surface area contributed by atoms with E-state index in [9.17, 15) is 4.79 Å². The largest absolute Gasteiger partial charge is 0.491 e. The lowest BCUT2D eigenvalue weighted by atomic mass is 10.1. The van der Waals surface area contributed by atoms with Crippen molar-refractivity contribution in [1.82, 2.24) is 0 Å². The van der Waals surface area contributed by atoms with Gasteiger partial charge in [-0.3, -0.25) is 0 Å². The normalized spacial score (nSPS) is 10.6. The Labute approximate surface area is 118 Å². The van der Waals surface area contributed by atoms with Crippen LogP contribution < -0.4 is 10.5 Å². The highest BCUT2D eigenvalue weighted by atomic mass is 35.5. The molecule has 0 saturated heterocycles. The summed E-state index contributed by atoms with van der Waals surface area (Å²) in [6.45, 7) is 4.80. The van der Waals surface area contributed by atoms with E-state index in [0.29, 0.717) is 29.0 Å². The fraction of sp³-hybridized carbons (Fsp3) is 0.500. The first-order chi connectivity index (χ1) is 8.95. The molecule has 1 rings (SSSR count). The second-order valence-corrected chi connectivity index (χ2v) is 5.16. The first kappa shape index (κ1) is 15.6. The fourth-order valence-electron chi connectivity index (χ4n) is 1.69. The van der Waals surface area contributed by atoms with Gasteiger partial charge in [-0.05, 0) is 30.9 Å². The van der Waals surface area contributed by atoms with Crippen LogP contribution in [0.15, 0.2) is 12.1 Å². The minimum atomic E-state index is -0.506. The first-order valence-corrected chi connectivity index (χ1v) is 6.63. The van der Waals surface area contributed by atoms with Gasteiger partial charge in [-0.15, -0.1) is 0 Å². The van der Waals surface area contributed by atoms with E-state index in [0.717, 1.165) is 12.8 Å². The number of hydrogen-bond acceptors (Lipinski definition) is 4. The summed E-state index contributed by atoms with van der Waals surface area (Å²) in [4.78, 5) is 11.7. The summed E-state index contributed by atoms with van der Waals surface area (Å²) >= 11 is 6.06. The zero-order valence-corrected chi connectivity index (χ0v) is 12.3. The molecule has 1 aromatic carbocycles. The Bertz CT molecular complexity index is 447. The van der Waals surface area contributed by atoms with Crippen LogP contribution in [-0.2, 0) is 4.74 Å². The molecule has 0 atom stereocenters. The lowest BCUT2D eigenvalue weighted by molar-refractivity contribution is 0.0596. The third-order valence-electron chi connectivity index (χ3n) is 2.64. The van der Waals surface area contributed by atoms with E-state index < -0.39 is 5.97 Å². The summed E-state index contributed by atoms with van der Waals surface area (Å²) in [5.74, 6) is 0.449. The maximum absolute atomic E-state index is 11.7. The van der Waals surface area contributed by atoms with Gasteiger partial charge in [0, 0.05) is 5.69 Å². The van der Waals surface area contributed by atoms with Crippen LogP contribution in [0.25, 0.3) is 0 Å². The minimum absolute atomic E-state index is 0.261. The molecule has 106 valence electrons. The van der Waals surface area contributed by atoms with Gasteiger partial charge in [0.1, 0.15) is 5.56 Å². The van der Waals surface area contributed by atoms with Crippen LogP contribution in [0.5, 0.6) is 5.75 Å². The molecule has 4 nitrogen and oxygen atoms in total. The summed E-state index contributed by atoms with van der Waals surface area (Å²) in [5.41, 5.74) is 6.33. The number of hydrogen-bond donors (Lipinski definition) is 1. The van der Waals surface area contributed by atoms with E-state index in [-0.39, 0.29) is 5.56 Å². The Morgan fingerprint density at radius 2 is 2.11 bits per heavy atom. The molecule has 19 heavy (non-hydrogen) atoms. The lowest BCUT2D eigenvalue weighted by Gasteiger charge is -2.13. The average Bonchev–Trinajstić information content (AvgIpc) is 2.34. The quantitative estimate of drug-likeness (QED) is 0.493. The molecule has 0 fully saturated rings. The summed E-state index contributed by atoms with van der Waals surface area (Å²) in [7, 11) is 1.31. The van der Waals surface area contributed by atoms with Gasteiger partial charge in [0.25, 0.3) is 0 Å². The number of nitrogen functional groups attached to an aromatic ring is 1. The van der Waals surface area contributed by atoms with Gasteiger partial charge in [0.15, 0.2) is 5.75 Å². The number of carbonyl (C=O) groups is 1. The van der Waals surface area contributed by atoms with Crippen LogP contribution in [-0.4, -0.2) is 19.7 Å². The molecule has 0 bridgehead atoms. The van der Waals surface area contributed by atoms with Crippen LogP contribution in [0.2, 0.25) is 5.02 Å². The Kier molecular flexibility index (Phi) is 5.96. The topological polar surface area (TPSA) is 61.5 Å². The highest BCUT2D eigenvalue weighted by Gasteiger charge is 2.17. The second-order valence-electron chi connectivity index (χ2n) is 4.76. The molecule has 0 aliphatic rings. The number of ether oxygens (including phenoxy) is 2. The van der Waals surface area contributed by atoms with Crippen molar-refractivity contribution in [3.63, 3.8) is 0 Å². The Morgan fingerprint density at radius 3 is 2.68 bits per heavy atom. The zero-order chi connectivity index (χ0) is 14.4.